The molecular weight excluding hydrogens is 701 g/mol. The fraction of sp³-hybridized carbons (Fsp3) is 0. The first-order valence-electron chi connectivity index (χ1n) is 19.9. The lowest BCUT2D eigenvalue weighted by atomic mass is 9.86. The predicted octanol–water partition coefficient (Wildman–Crippen LogP) is 15.9. The Labute approximate surface area is 340 Å². The molecule has 0 aromatic heterocycles. The van der Waals surface area contributed by atoms with E-state index in [1.807, 2.05) is 0 Å². The number of benzene rings is 10. The van der Waals surface area contributed by atoms with Gasteiger partial charge in [0.05, 0.1) is 5.69 Å². The molecule has 0 amide bonds. The molecule has 0 atom stereocenters. The zero-order chi connectivity index (χ0) is 38.7. The average molecular weight is 741 g/mol. The molecule has 2 heteroatoms. The number of nitrogens with zero attached hydrogens (tertiary/aromatic N) is 2. The monoisotopic (exact) mass is 740 g/mol. The van der Waals surface area contributed by atoms with E-state index in [2.05, 4.69) is 252 Å². The van der Waals surface area contributed by atoms with Crippen molar-refractivity contribution in [3.05, 3.63) is 243 Å². The van der Waals surface area contributed by atoms with Gasteiger partial charge in [-0.25, -0.2) is 0 Å². The normalized spacial score (nSPS) is 11.1. The number of rotatable bonds is 9. The molecule has 0 aliphatic carbocycles. The van der Waals surface area contributed by atoms with Gasteiger partial charge < -0.3 is 9.80 Å². The SMILES string of the molecule is c1ccc(-c2ccccc2N(c2ccccc2)c2ccc(N(c3ccccc3)c3ccc(-c4c5ccccc5c(-c5ccccc5)c5ccccc45)cc3)cc2)cc1. The smallest absolute Gasteiger partial charge is 0.0540 e. The van der Waals surface area contributed by atoms with Crippen molar-refractivity contribution in [1.82, 2.24) is 0 Å². The van der Waals surface area contributed by atoms with Crippen LogP contribution in [-0.4, -0.2) is 0 Å². The zero-order valence-corrected chi connectivity index (χ0v) is 32.0. The third-order valence-corrected chi connectivity index (χ3v) is 11.0. The van der Waals surface area contributed by atoms with E-state index in [-0.39, 0.29) is 0 Å². The second-order valence-electron chi connectivity index (χ2n) is 14.5. The molecule has 0 radical (unpaired) electrons. The number of hydrogen-bond acceptors (Lipinski definition) is 2. The van der Waals surface area contributed by atoms with Crippen LogP contribution in [0.4, 0.5) is 34.1 Å². The maximum absolute atomic E-state index is 2.35. The van der Waals surface area contributed by atoms with E-state index in [0.717, 1.165) is 34.1 Å². The summed E-state index contributed by atoms with van der Waals surface area (Å²) in [6, 6.07) is 87.1. The molecule has 0 spiro atoms. The first-order chi connectivity index (χ1) is 28.8. The molecule has 10 aromatic rings. The first kappa shape index (κ1) is 34.8. The molecular formula is C56H40N2. The Balaban J connectivity index is 1.07. The Hall–Kier alpha value is -7.68. The lowest BCUT2D eigenvalue weighted by molar-refractivity contribution is 1.26. The van der Waals surface area contributed by atoms with Crippen molar-refractivity contribution < 1.29 is 0 Å². The summed E-state index contributed by atoms with van der Waals surface area (Å²) in [6.45, 7) is 0. The highest BCUT2D eigenvalue weighted by Gasteiger charge is 2.20. The summed E-state index contributed by atoms with van der Waals surface area (Å²) in [7, 11) is 0. The second-order valence-corrected chi connectivity index (χ2v) is 14.5. The van der Waals surface area contributed by atoms with Crippen molar-refractivity contribution in [2.24, 2.45) is 0 Å². The van der Waals surface area contributed by atoms with Gasteiger partial charge in [-0.15, -0.1) is 0 Å². The predicted molar refractivity (Wildman–Crippen MR) is 247 cm³/mol. The summed E-state index contributed by atoms with van der Waals surface area (Å²) in [6.07, 6.45) is 0. The van der Waals surface area contributed by atoms with Gasteiger partial charge in [-0.05, 0) is 116 Å². The minimum atomic E-state index is 1.08. The molecule has 274 valence electrons. The largest absolute Gasteiger partial charge is 0.311 e. The standard InChI is InChI=1S/C56H40N2/c1-5-19-41(20-6-1)49-27-17-18-32-54(49)58(45-25-11-4-12-26-45)48-39-37-47(38-40-48)57(44-23-9-3-10-24-44)46-35-33-43(34-36-46)56-52-30-15-13-28-50(52)55(42-21-7-2-8-22-42)51-29-14-16-31-53(51)56/h1-40H. The molecule has 0 heterocycles. The van der Waals surface area contributed by atoms with Crippen molar-refractivity contribution in [2.75, 3.05) is 9.80 Å². The Morgan fingerprint density at radius 3 is 1.00 bits per heavy atom. The van der Waals surface area contributed by atoms with Crippen molar-refractivity contribution in [3.63, 3.8) is 0 Å². The molecule has 0 fully saturated rings. The molecule has 10 rings (SSSR count). The number of anilines is 6. The summed E-state index contributed by atoms with van der Waals surface area (Å²) < 4.78 is 0. The Morgan fingerprint density at radius 1 is 0.207 bits per heavy atom. The van der Waals surface area contributed by atoms with Crippen molar-refractivity contribution in [1.29, 1.82) is 0 Å². The molecule has 10 aromatic carbocycles. The quantitative estimate of drug-likeness (QED) is 0.136. The number of fused-ring (bicyclic) bond motifs is 2. The van der Waals surface area contributed by atoms with Crippen LogP contribution in [0.15, 0.2) is 243 Å². The van der Waals surface area contributed by atoms with Crippen LogP contribution in [0.1, 0.15) is 0 Å². The van der Waals surface area contributed by atoms with E-state index in [4.69, 9.17) is 0 Å². The Kier molecular flexibility index (Phi) is 9.27. The molecule has 0 bridgehead atoms. The van der Waals surface area contributed by atoms with Crippen LogP contribution in [0, 0.1) is 0 Å². The summed E-state index contributed by atoms with van der Waals surface area (Å²) >= 11 is 0. The average Bonchev–Trinajstić information content (AvgIpc) is 3.31. The van der Waals surface area contributed by atoms with Crippen molar-refractivity contribution >= 4 is 55.7 Å². The van der Waals surface area contributed by atoms with Crippen molar-refractivity contribution in [3.8, 4) is 33.4 Å². The molecule has 0 saturated carbocycles. The van der Waals surface area contributed by atoms with Gasteiger partial charge in [0, 0.05) is 34.0 Å². The minimum absolute atomic E-state index is 1.08. The molecule has 0 aliphatic heterocycles. The fourth-order valence-corrected chi connectivity index (χ4v) is 8.44. The van der Waals surface area contributed by atoms with Crippen molar-refractivity contribution in [2.45, 2.75) is 0 Å². The van der Waals surface area contributed by atoms with Gasteiger partial charge in [-0.1, -0.05) is 176 Å². The summed E-state index contributed by atoms with van der Waals surface area (Å²) in [4.78, 5) is 4.69. The van der Waals surface area contributed by atoms with Gasteiger partial charge in [0.2, 0.25) is 0 Å². The number of hydrogen-bond donors (Lipinski definition) is 0. The summed E-state index contributed by atoms with van der Waals surface area (Å²) in [5.41, 5.74) is 13.9. The third kappa shape index (κ3) is 6.47. The molecule has 0 saturated heterocycles. The van der Waals surface area contributed by atoms with Crippen LogP contribution < -0.4 is 9.80 Å². The lowest BCUT2D eigenvalue weighted by Gasteiger charge is -2.29. The van der Waals surface area contributed by atoms with Gasteiger partial charge in [-0.2, -0.15) is 0 Å². The van der Waals surface area contributed by atoms with Gasteiger partial charge in [-0.3, -0.25) is 0 Å². The molecule has 0 N–H and O–H groups in total. The fourth-order valence-electron chi connectivity index (χ4n) is 8.44. The van der Waals surface area contributed by atoms with E-state index in [9.17, 15) is 0 Å². The van der Waals surface area contributed by atoms with Crippen LogP contribution >= 0.6 is 0 Å². The molecule has 0 aliphatic rings. The van der Waals surface area contributed by atoms with Gasteiger partial charge >= 0.3 is 0 Å². The van der Waals surface area contributed by atoms with Crippen LogP contribution in [-0.2, 0) is 0 Å². The van der Waals surface area contributed by atoms with E-state index < -0.39 is 0 Å². The van der Waals surface area contributed by atoms with Gasteiger partial charge in [0.1, 0.15) is 0 Å². The second kappa shape index (κ2) is 15.5. The maximum atomic E-state index is 2.35. The summed E-state index contributed by atoms with van der Waals surface area (Å²) in [5, 5.41) is 5.02. The van der Waals surface area contributed by atoms with E-state index in [1.165, 1.54) is 54.9 Å². The van der Waals surface area contributed by atoms with E-state index in [0.29, 0.717) is 0 Å². The first-order valence-corrected chi connectivity index (χ1v) is 19.9. The number of para-hydroxylation sites is 3. The van der Waals surface area contributed by atoms with Gasteiger partial charge in [0.15, 0.2) is 0 Å². The Morgan fingerprint density at radius 2 is 0.517 bits per heavy atom. The third-order valence-electron chi connectivity index (χ3n) is 11.0. The maximum Gasteiger partial charge on any atom is 0.0540 e. The van der Waals surface area contributed by atoms with Gasteiger partial charge in [0.25, 0.3) is 0 Å². The highest BCUT2D eigenvalue weighted by Crippen LogP contribution is 2.46. The highest BCUT2D eigenvalue weighted by atomic mass is 15.2. The lowest BCUT2D eigenvalue weighted by Crippen LogP contribution is -2.12. The van der Waals surface area contributed by atoms with Crippen LogP contribution in [0.5, 0.6) is 0 Å². The van der Waals surface area contributed by atoms with E-state index in [1.54, 1.807) is 0 Å². The zero-order valence-electron chi connectivity index (χ0n) is 32.0. The molecule has 58 heavy (non-hydrogen) atoms. The highest BCUT2D eigenvalue weighted by molar-refractivity contribution is 6.21. The Bertz CT molecular complexity index is 2900. The molecule has 2 nitrogen and oxygen atoms in total. The topological polar surface area (TPSA) is 6.48 Å². The van der Waals surface area contributed by atoms with Crippen LogP contribution in [0.25, 0.3) is 54.9 Å². The summed E-state index contributed by atoms with van der Waals surface area (Å²) in [5.74, 6) is 0. The molecule has 0 unspecified atom stereocenters. The van der Waals surface area contributed by atoms with Crippen LogP contribution in [0.3, 0.4) is 0 Å². The minimum Gasteiger partial charge on any atom is -0.311 e. The van der Waals surface area contributed by atoms with E-state index >= 15 is 0 Å². The van der Waals surface area contributed by atoms with Crippen LogP contribution in [0.2, 0.25) is 0 Å².